The summed E-state index contributed by atoms with van der Waals surface area (Å²) in [5, 5.41) is 0. The fourth-order valence-electron chi connectivity index (χ4n) is 7.45. The second kappa shape index (κ2) is 6.47. The first-order chi connectivity index (χ1) is 11.5. The summed E-state index contributed by atoms with van der Waals surface area (Å²) < 4.78 is 0. The molecule has 4 saturated carbocycles. The second-order valence-electron chi connectivity index (χ2n) is 10.6. The summed E-state index contributed by atoms with van der Waals surface area (Å²) in [6.45, 7) is 12.1. The number of hydrogen-bond acceptors (Lipinski definition) is 0. The highest BCUT2D eigenvalue weighted by atomic mass is 28.3. The monoisotopic (exact) mass is 342 g/mol. The van der Waals surface area contributed by atoms with E-state index in [9.17, 15) is 0 Å². The van der Waals surface area contributed by atoms with Crippen LogP contribution in [0.1, 0.15) is 64.2 Å². The third-order valence-corrected chi connectivity index (χ3v) is 11.6. The van der Waals surface area contributed by atoms with E-state index in [1.807, 2.05) is 0 Å². The molecule has 0 nitrogen and oxygen atoms in total. The molecule has 4 rings (SSSR count). The first-order valence-corrected chi connectivity index (χ1v) is 14.5. The quantitative estimate of drug-likeness (QED) is 0.353. The van der Waals surface area contributed by atoms with Gasteiger partial charge in [0.2, 0.25) is 0 Å². The molecule has 6 atom stereocenters. The molecule has 0 spiro atoms. The van der Waals surface area contributed by atoms with Crippen LogP contribution in [0.25, 0.3) is 0 Å². The van der Waals surface area contributed by atoms with Gasteiger partial charge in [-0.25, -0.2) is 0 Å². The number of fused-ring (bicyclic) bond motifs is 5. The second-order valence-corrected chi connectivity index (χ2v) is 16.2. The van der Waals surface area contributed by atoms with Crippen molar-refractivity contribution >= 4 is 8.07 Å². The highest BCUT2D eigenvalue weighted by molar-refractivity contribution is 6.77. The van der Waals surface area contributed by atoms with Crippen molar-refractivity contribution in [3.8, 4) is 0 Å². The van der Waals surface area contributed by atoms with E-state index in [-0.39, 0.29) is 0 Å². The summed E-state index contributed by atoms with van der Waals surface area (Å²) in [4.78, 5) is 0. The van der Waals surface area contributed by atoms with E-state index in [1.54, 1.807) is 18.4 Å². The number of hydrogen-bond donors (Lipinski definition) is 0. The first kappa shape index (κ1) is 17.2. The Kier molecular flexibility index (Phi) is 4.63. The highest BCUT2D eigenvalue weighted by Crippen LogP contribution is 2.62. The van der Waals surface area contributed by atoms with Crippen LogP contribution in [0.3, 0.4) is 0 Å². The van der Waals surface area contributed by atoms with E-state index in [0.717, 1.165) is 41.0 Å². The van der Waals surface area contributed by atoms with Gasteiger partial charge in [-0.1, -0.05) is 51.9 Å². The summed E-state index contributed by atoms with van der Waals surface area (Å²) in [6, 6.07) is 0. The molecule has 0 bridgehead atoms. The third kappa shape index (κ3) is 2.80. The van der Waals surface area contributed by atoms with Gasteiger partial charge in [0.15, 0.2) is 0 Å². The fourth-order valence-corrected chi connectivity index (χ4v) is 9.41. The van der Waals surface area contributed by atoms with Crippen LogP contribution in [-0.2, 0) is 0 Å². The van der Waals surface area contributed by atoms with Crippen LogP contribution < -0.4 is 0 Å². The summed E-state index contributed by atoms with van der Waals surface area (Å²) in [5.41, 5.74) is 6.35. The van der Waals surface area contributed by atoms with Crippen LogP contribution >= 0.6 is 0 Å². The summed E-state index contributed by atoms with van der Waals surface area (Å²) in [6.07, 6.45) is 15.0. The Morgan fingerprint density at radius 1 is 0.750 bits per heavy atom. The molecule has 0 N–H and O–H groups in total. The smallest absolute Gasteiger partial charge is 0.0474 e. The maximum absolute atomic E-state index is 4.20. The van der Waals surface area contributed by atoms with Crippen molar-refractivity contribution in [2.24, 2.45) is 35.5 Å². The molecular weight excluding hydrogens is 304 g/mol. The molecule has 0 aromatic heterocycles. The van der Waals surface area contributed by atoms with Crippen molar-refractivity contribution in [3.63, 3.8) is 0 Å². The van der Waals surface area contributed by atoms with Crippen molar-refractivity contribution in [2.75, 3.05) is 0 Å². The molecule has 0 aromatic rings. The largest absolute Gasteiger partial charge is 0.129 e. The van der Waals surface area contributed by atoms with Crippen molar-refractivity contribution in [1.82, 2.24) is 0 Å². The molecule has 0 amide bonds. The Morgan fingerprint density at radius 3 is 1.62 bits per heavy atom. The molecular formula is C23H38Si. The first-order valence-electron chi connectivity index (χ1n) is 10.9. The van der Waals surface area contributed by atoms with Crippen molar-refractivity contribution in [1.29, 1.82) is 0 Å². The zero-order valence-corrected chi connectivity index (χ0v) is 17.3. The lowest BCUT2D eigenvalue weighted by Crippen LogP contribution is -2.30. The Hall–Kier alpha value is -0.263. The molecule has 4 fully saturated rings. The molecule has 6 unspecified atom stereocenters. The van der Waals surface area contributed by atoms with E-state index in [1.165, 1.54) is 51.4 Å². The van der Waals surface area contributed by atoms with Crippen LogP contribution in [0.4, 0.5) is 0 Å². The number of rotatable bonds is 1. The predicted octanol–water partition coefficient (Wildman–Crippen LogP) is 7.06. The highest BCUT2D eigenvalue weighted by Gasteiger charge is 2.53. The number of allylic oxidation sites excluding steroid dienone is 1. The lowest BCUT2D eigenvalue weighted by Gasteiger charge is -2.38. The molecule has 1 heteroatoms. The van der Waals surface area contributed by atoms with Gasteiger partial charge in [0.05, 0.1) is 0 Å². The van der Waals surface area contributed by atoms with Gasteiger partial charge in [0, 0.05) is 8.07 Å². The lowest BCUT2D eigenvalue weighted by atomic mass is 9.68. The fraction of sp³-hybridized carbons (Fsp3) is 0.870. The Labute approximate surface area is 151 Å². The SMILES string of the molecule is C=C=C1C2CCCCC2C2CC([Si](C)(C)C)CC2C2CCCCC12. The lowest BCUT2D eigenvalue weighted by molar-refractivity contribution is 0.126. The minimum Gasteiger partial charge on any atom is -0.129 e. The normalized spacial score (nSPS) is 45.6. The van der Waals surface area contributed by atoms with Crippen LogP contribution in [0, 0.1) is 35.5 Å². The summed E-state index contributed by atoms with van der Waals surface area (Å²) in [7, 11) is -1.00. The molecule has 0 aliphatic heterocycles. The van der Waals surface area contributed by atoms with Gasteiger partial charge in [-0.15, -0.1) is 5.73 Å². The Bertz CT molecular complexity index is 487. The van der Waals surface area contributed by atoms with Crippen LogP contribution in [0.5, 0.6) is 0 Å². The molecule has 0 radical (unpaired) electrons. The van der Waals surface area contributed by atoms with E-state index >= 15 is 0 Å². The van der Waals surface area contributed by atoms with E-state index in [2.05, 4.69) is 32.0 Å². The van der Waals surface area contributed by atoms with Gasteiger partial charge in [0.25, 0.3) is 0 Å². The summed E-state index contributed by atoms with van der Waals surface area (Å²) in [5.74, 6) is 5.78. The third-order valence-electron chi connectivity index (χ3n) is 8.63. The van der Waals surface area contributed by atoms with E-state index in [0.29, 0.717) is 0 Å². The Morgan fingerprint density at radius 2 is 1.21 bits per heavy atom. The molecule has 0 heterocycles. The zero-order chi connectivity index (χ0) is 16.9. The van der Waals surface area contributed by atoms with Crippen molar-refractivity contribution in [2.45, 2.75) is 89.4 Å². The molecule has 4 aliphatic carbocycles. The standard InChI is InChI=1S/C23H38Si/c1-5-17-18-10-6-8-12-20(18)22-14-16(24(2,3)4)15-23(22)21-13-9-7-11-19(17)21/h16,18-23H,1,6-15H2,2-4H3. The van der Waals surface area contributed by atoms with Gasteiger partial charge in [-0.05, 0) is 85.1 Å². The minimum atomic E-state index is -1.00. The zero-order valence-electron chi connectivity index (χ0n) is 16.3. The van der Waals surface area contributed by atoms with Gasteiger partial charge in [-0.3, -0.25) is 0 Å². The topological polar surface area (TPSA) is 0 Å². The van der Waals surface area contributed by atoms with Crippen LogP contribution in [0.2, 0.25) is 25.2 Å². The molecule has 0 saturated heterocycles. The average Bonchev–Trinajstić information content (AvgIpc) is 2.98. The van der Waals surface area contributed by atoms with E-state index < -0.39 is 8.07 Å². The van der Waals surface area contributed by atoms with Gasteiger partial charge in [0.1, 0.15) is 0 Å². The van der Waals surface area contributed by atoms with Gasteiger partial charge in [-0.2, -0.15) is 0 Å². The molecule has 134 valence electrons. The van der Waals surface area contributed by atoms with Crippen molar-refractivity contribution < 1.29 is 0 Å². The summed E-state index contributed by atoms with van der Waals surface area (Å²) >= 11 is 0. The van der Waals surface area contributed by atoms with Gasteiger partial charge >= 0.3 is 0 Å². The minimum absolute atomic E-state index is 0.859. The maximum atomic E-state index is 4.20. The van der Waals surface area contributed by atoms with Gasteiger partial charge < -0.3 is 0 Å². The molecule has 4 aliphatic rings. The van der Waals surface area contributed by atoms with E-state index in [4.69, 9.17) is 0 Å². The predicted molar refractivity (Wildman–Crippen MR) is 107 cm³/mol. The van der Waals surface area contributed by atoms with Crippen LogP contribution in [-0.4, -0.2) is 8.07 Å². The van der Waals surface area contributed by atoms with Crippen molar-refractivity contribution in [3.05, 3.63) is 17.9 Å². The average molecular weight is 343 g/mol. The molecule has 0 aromatic carbocycles. The van der Waals surface area contributed by atoms with Crippen LogP contribution in [0.15, 0.2) is 17.9 Å². The Balaban J connectivity index is 1.73. The maximum Gasteiger partial charge on any atom is 0.0474 e. The molecule has 24 heavy (non-hydrogen) atoms.